The summed E-state index contributed by atoms with van der Waals surface area (Å²) in [6.07, 6.45) is 6.80. The number of hydrogen-bond donors (Lipinski definition) is 0. The molecule has 0 aliphatic heterocycles. The second-order valence-electron chi connectivity index (χ2n) is 8.75. The van der Waals surface area contributed by atoms with Gasteiger partial charge in [-0.2, -0.15) is 10.5 Å². The molecule has 1 aromatic heterocycles. The second kappa shape index (κ2) is 5.09. The Morgan fingerprint density at radius 3 is 2.08 bits per heavy atom. The number of rotatable bonds is 3. The molecule has 5 aliphatic carbocycles. The van der Waals surface area contributed by atoms with Gasteiger partial charge in [-0.15, -0.1) is 11.3 Å². The van der Waals surface area contributed by atoms with Crippen LogP contribution in [-0.2, 0) is 4.79 Å². The van der Waals surface area contributed by atoms with Gasteiger partial charge < -0.3 is 0 Å². The molecular weight excluding hydrogens is 352 g/mol. The Bertz CT molecular complexity index is 795. The number of carbonyl (C=O) groups excluding carboxylic acids is 1. The largest absolute Gasteiger partial charge is 0.299 e. The van der Waals surface area contributed by atoms with Crippen molar-refractivity contribution in [3.8, 4) is 12.1 Å². The molecule has 5 aliphatic rings. The van der Waals surface area contributed by atoms with Crippen LogP contribution in [0.3, 0.4) is 0 Å². The molecule has 5 fully saturated rings. The smallest absolute Gasteiger partial charge is 0.162 e. The van der Waals surface area contributed by atoms with Crippen molar-refractivity contribution in [1.29, 1.82) is 10.5 Å². The summed E-state index contributed by atoms with van der Waals surface area (Å²) in [5.41, 5.74) is -1.44. The van der Waals surface area contributed by atoms with Crippen LogP contribution in [0.4, 0.5) is 0 Å². The van der Waals surface area contributed by atoms with Crippen molar-refractivity contribution in [1.82, 2.24) is 0 Å². The Hall–Kier alpha value is -1.36. The summed E-state index contributed by atoms with van der Waals surface area (Å²) in [5, 5.41) is 19.5. The van der Waals surface area contributed by atoms with Crippen molar-refractivity contribution < 1.29 is 4.79 Å². The Labute approximate surface area is 156 Å². The third kappa shape index (κ3) is 2.05. The van der Waals surface area contributed by atoms with Gasteiger partial charge >= 0.3 is 0 Å². The maximum Gasteiger partial charge on any atom is 0.162 e. The first-order valence-corrected chi connectivity index (χ1v) is 10.3. The molecule has 0 N–H and O–H groups in total. The fourth-order valence-electron chi connectivity index (χ4n) is 6.68. The van der Waals surface area contributed by atoms with E-state index in [0.29, 0.717) is 22.1 Å². The quantitative estimate of drug-likeness (QED) is 0.757. The van der Waals surface area contributed by atoms with Gasteiger partial charge in [0.1, 0.15) is 5.78 Å². The predicted octanol–water partition coefficient (Wildman–Crippen LogP) is 4.93. The first kappa shape index (κ1) is 15.9. The Kier molecular flexibility index (Phi) is 3.23. The van der Waals surface area contributed by atoms with E-state index in [9.17, 15) is 15.3 Å². The van der Waals surface area contributed by atoms with Crippen molar-refractivity contribution >= 4 is 28.7 Å². The molecule has 0 saturated heterocycles. The standard InChI is InChI=1S/C20H19ClN2OS/c21-15-2-1-14(25-15)16-17(20(16,9-22)10-23)18(24)19-6-11-3-12(7-19)5-13(4-11)8-19/h1-2,11-13,16-17H,3-8H2/t11?,12?,13?,16-,17+,19?/m0/s1. The van der Waals surface area contributed by atoms with Crippen molar-refractivity contribution in [3.63, 3.8) is 0 Å². The van der Waals surface area contributed by atoms with Gasteiger partial charge in [0.2, 0.25) is 0 Å². The molecule has 3 nitrogen and oxygen atoms in total. The van der Waals surface area contributed by atoms with E-state index in [4.69, 9.17) is 11.6 Å². The van der Waals surface area contributed by atoms with E-state index in [-0.39, 0.29) is 17.1 Å². The Morgan fingerprint density at radius 1 is 1.08 bits per heavy atom. The lowest BCUT2D eigenvalue weighted by atomic mass is 9.48. The first-order chi connectivity index (χ1) is 12.0. The zero-order chi connectivity index (χ0) is 17.4. The molecule has 0 spiro atoms. The highest BCUT2D eigenvalue weighted by Crippen LogP contribution is 2.70. The fourth-order valence-corrected chi connectivity index (χ4v) is 7.95. The molecule has 4 bridgehead atoms. The van der Waals surface area contributed by atoms with E-state index >= 15 is 0 Å². The summed E-state index contributed by atoms with van der Waals surface area (Å²) in [6.45, 7) is 0. The molecule has 0 radical (unpaired) electrons. The summed E-state index contributed by atoms with van der Waals surface area (Å²) in [6, 6.07) is 8.09. The van der Waals surface area contributed by atoms with Crippen molar-refractivity contribution in [2.75, 3.05) is 0 Å². The van der Waals surface area contributed by atoms with Gasteiger partial charge in [-0.05, 0) is 68.4 Å². The first-order valence-electron chi connectivity index (χ1n) is 9.13. The molecular formula is C20H19ClN2OS. The van der Waals surface area contributed by atoms with Crippen LogP contribution in [0.5, 0.6) is 0 Å². The molecule has 128 valence electrons. The third-order valence-corrected chi connectivity index (χ3v) is 8.63. The van der Waals surface area contributed by atoms with Crippen LogP contribution in [0.15, 0.2) is 12.1 Å². The van der Waals surface area contributed by atoms with Gasteiger partial charge in [-0.1, -0.05) is 11.6 Å². The van der Waals surface area contributed by atoms with E-state index in [1.165, 1.54) is 30.6 Å². The van der Waals surface area contributed by atoms with Crippen LogP contribution in [0.25, 0.3) is 0 Å². The monoisotopic (exact) mass is 370 g/mol. The lowest BCUT2D eigenvalue weighted by molar-refractivity contribution is -0.145. The number of halogens is 1. The summed E-state index contributed by atoms with van der Waals surface area (Å²) in [5.74, 6) is 1.50. The molecule has 1 heterocycles. The highest BCUT2D eigenvalue weighted by atomic mass is 35.5. The number of hydrogen-bond acceptors (Lipinski definition) is 4. The molecule has 5 heteroatoms. The zero-order valence-electron chi connectivity index (χ0n) is 13.9. The number of thiophene rings is 1. The SMILES string of the molecule is N#CC1(C#N)[C@@H](C(=O)C23CC4CC(CC(C4)C2)C3)[C@@H]1c1ccc(Cl)s1. The minimum absolute atomic E-state index is 0.212. The summed E-state index contributed by atoms with van der Waals surface area (Å²) in [4.78, 5) is 14.6. The molecule has 2 atom stereocenters. The van der Waals surface area contributed by atoms with E-state index in [1.807, 2.05) is 6.07 Å². The highest BCUT2D eigenvalue weighted by Gasteiger charge is 2.74. The van der Waals surface area contributed by atoms with E-state index in [2.05, 4.69) is 12.1 Å². The fraction of sp³-hybridized carbons (Fsp3) is 0.650. The Balaban J connectivity index is 1.51. The zero-order valence-corrected chi connectivity index (χ0v) is 15.4. The maximum atomic E-state index is 13.7. The molecule has 0 unspecified atom stereocenters. The molecule has 6 rings (SSSR count). The summed E-state index contributed by atoms with van der Waals surface area (Å²) < 4.78 is 0.646. The van der Waals surface area contributed by atoms with Crippen LogP contribution in [-0.4, -0.2) is 5.78 Å². The van der Waals surface area contributed by atoms with E-state index < -0.39 is 11.3 Å². The van der Waals surface area contributed by atoms with Gasteiger partial charge in [0, 0.05) is 16.2 Å². The lowest BCUT2D eigenvalue weighted by Gasteiger charge is -2.56. The number of Topliss-reactive ketones (excluding diaryl/α,β-unsaturated/α-hetero) is 1. The Morgan fingerprint density at radius 2 is 1.64 bits per heavy atom. The van der Waals surface area contributed by atoms with Gasteiger partial charge in [-0.25, -0.2) is 0 Å². The maximum absolute atomic E-state index is 13.7. The van der Waals surface area contributed by atoms with Crippen LogP contribution < -0.4 is 0 Å². The third-order valence-electron chi connectivity index (χ3n) is 7.32. The predicted molar refractivity (Wildman–Crippen MR) is 94.8 cm³/mol. The van der Waals surface area contributed by atoms with Crippen LogP contribution in [0, 0.1) is 57.2 Å². The van der Waals surface area contributed by atoms with E-state index in [1.54, 1.807) is 6.07 Å². The van der Waals surface area contributed by atoms with Gasteiger partial charge in [0.05, 0.1) is 22.4 Å². The van der Waals surface area contributed by atoms with Crippen molar-refractivity contribution in [2.24, 2.45) is 34.5 Å². The molecule has 0 aromatic carbocycles. The van der Waals surface area contributed by atoms with Crippen LogP contribution in [0.2, 0.25) is 4.34 Å². The molecule has 25 heavy (non-hydrogen) atoms. The second-order valence-corrected chi connectivity index (χ2v) is 10.5. The van der Waals surface area contributed by atoms with Crippen molar-refractivity contribution in [2.45, 2.75) is 44.4 Å². The van der Waals surface area contributed by atoms with Crippen molar-refractivity contribution in [3.05, 3.63) is 21.3 Å². The minimum Gasteiger partial charge on any atom is -0.299 e. The number of carbonyl (C=O) groups is 1. The van der Waals surface area contributed by atoms with Gasteiger partial charge in [0.15, 0.2) is 5.41 Å². The number of nitrogens with zero attached hydrogens (tertiary/aromatic N) is 2. The average molecular weight is 371 g/mol. The van der Waals surface area contributed by atoms with Crippen LogP contribution >= 0.6 is 22.9 Å². The highest BCUT2D eigenvalue weighted by molar-refractivity contribution is 7.16. The van der Waals surface area contributed by atoms with Gasteiger partial charge in [0.25, 0.3) is 0 Å². The molecule has 1 aromatic rings. The summed E-state index contributed by atoms with van der Waals surface area (Å²) in [7, 11) is 0. The minimum atomic E-state index is -1.19. The summed E-state index contributed by atoms with van der Waals surface area (Å²) >= 11 is 7.46. The number of ketones is 1. The number of nitriles is 2. The average Bonchev–Trinajstić information content (AvgIpc) is 3.07. The van der Waals surface area contributed by atoms with E-state index in [0.717, 1.165) is 24.1 Å². The topological polar surface area (TPSA) is 64.7 Å². The molecule has 0 amide bonds. The van der Waals surface area contributed by atoms with Crippen LogP contribution in [0.1, 0.15) is 49.3 Å². The molecule has 5 saturated carbocycles. The van der Waals surface area contributed by atoms with Gasteiger partial charge in [-0.3, -0.25) is 4.79 Å². The lowest BCUT2D eigenvalue weighted by Crippen LogP contribution is -2.50. The normalized spacial score (nSPS) is 42.6.